The van der Waals surface area contributed by atoms with Crippen LogP contribution in [0.4, 0.5) is 0 Å². The minimum atomic E-state index is -0.597. The molecule has 0 fully saturated rings. The van der Waals surface area contributed by atoms with Crippen molar-refractivity contribution in [2.75, 3.05) is 0 Å². The lowest BCUT2D eigenvalue weighted by atomic mass is 10.0. The molecule has 13 heavy (non-hydrogen) atoms. The van der Waals surface area contributed by atoms with E-state index in [2.05, 4.69) is 0 Å². The third-order valence-corrected chi connectivity index (χ3v) is 2.10. The van der Waals surface area contributed by atoms with Crippen LogP contribution in [0.15, 0.2) is 24.3 Å². The van der Waals surface area contributed by atoms with Crippen molar-refractivity contribution in [1.82, 2.24) is 0 Å². The van der Waals surface area contributed by atoms with Crippen LogP contribution in [0, 0.1) is 17.2 Å². The monoisotopic (exact) mass is 193 g/mol. The van der Waals surface area contributed by atoms with Gasteiger partial charge in [0.1, 0.15) is 12.2 Å². The largest absolute Gasteiger partial charge is 0.302 e. The van der Waals surface area contributed by atoms with Gasteiger partial charge < -0.3 is 4.79 Å². The smallest absolute Gasteiger partial charge is 0.137 e. The molecule has 0 amide bonds. The maximum absolute atomic E-state index is 10.4. The fourth-order valence-corrected chi connectivity index (χ4v) is 1.24. The number of nitrogens with zero attached hydrogens (tertiary/aromatic N) is 1. The number of hydrogen-bond acceptors (Lipinski definition) is 2. The minimum Gasteiger partial charge on any atom is -0.302 e. The molecule has 0 radical (unpaired) electrons. The molecular formula is C10H8ClNO. The predicted octanol–water partition coefficient (Wildman–Crippen LogP) is 2.22. The van der Waals surface area contributed by atoms with Crippen molar-refractivity contribution in [2.24, 2.45) is 5.92 Å². The lowest BCUT2D eigenvalue weighted by Crippen LogP contribution is -2.03. The standard InChI is InChI=1S/C10H8ClNO/c11-10-4-2-1-3-9(10)5-8(6-12)7-13/h1-4,7-8H,5H2. The Balaban J connectivity index is 2.80. The molecule has 0 spiro atoms. The fraction of sp³-hybridized carbons (Fsp3) is 0.200. The summed E-state index contributed by atoms with van der Waals surface area (Å²) in [5, 5.41) is 9.16. The van der Waals surface area contributed by atoms with Crippen LogP contribution in [-0.4, -0.2) is 6.29 Å². The zero-order valence-corrected chi connectivity index (χ0v) is 7.66. The zero-order valence-electron chi connectivity index (χ0n) is 6.90. The van der Waals surface area contributed by atoms with Crippen LogP contribution in [0.5, 0.6) is 0 Å². The number of nitriles is 1. The van der Waals surface area contributed by atoms with Crippen LogP contribution < -0.4 is 0 Å². The summed E-state index contributed by atoms with van der Waals surface area (Å²) in [6.45, 7) is 0. The highest BCUT2D eigenvalue weighted by Crippen LogP contribution is 2.17. The van der Waals surface area contributed by atoms with Crippen molar-refractivity contribution in [3.05, 3.63) is 34.9 Å². The normalized spacial score (nSPS) is 11.7. The second kappa shape index (κ2) is 4.64. The van der Waals surface area contributed by atoms with Gasteiger partial charge in [0.25, 0.3) is 0 Å². The van der Waals surface area contributed by atoms with Gasteiger partial charge in [-0.3, -0.25) is 0 Å². The highest BCUT2D eigenvalue weighted by atomic mass is 35.5. The molecule has 66 valence electrons. The quantitative estimate of drug-likeness (QED) is 0.691. The first-order chi connectivity index (χ1) is 6.27. The second-order valence-electron chi connectivity index (χ2n) is 2.67. The van der Waals surface area contributed by atoms with Gasteiger partial charge in [0, 0.05) is 5.02 Å². The van der Waals surface area contributed by atoms with E-state index < -0.39 is 5.92 Å². The Morgan fingerprint density at radius 2 is 2.23 bits per heavy atom. The molecule has 1 rings (SSSR count). The number of halogens is 1. The second-order valence-corrected chi connectivity index (χ2v) is 3.07. The van der Waals surface area contributed by atoms with Gasteiger partial charge in [0.05, 0.1) is 6.07 Å². The molecule has 3 heteroatoms. The summed E-state index contributed by atoms with van der Waals surface area (Å²) in [7, 11) is 0. The molecule has 1 aromatic carbocycles. The van der Waals surface area contributed by atoms with Gasteiger partial charge in [0.15, 0.2) is 0 Å². The Kier molecular flexibility index (Phi) is 3.48. The summed E-state index contributed by atoms with van der Waals surface area (Å²) in [4.78, 5) is 10.4. The maximum atomic E-state index is 10.4. The van der Waals surface area contributed by atoms with E-state index in [1.54, 1.807) is 6.07 Å². The van der Waals surface area contributed by atoms with E-state index in [-0.39, 0.29) is 0 Å². The average Bonchev–Trinajstić information content (AvgIpc) is 2.17. The van der Waals surface area contributed by atoms with Gasteiger partial charge in [-0.15, -0.1) is 0 Å². The molecule has 1 atom stereocenters. The summed E-state index contributed by atoms with van der Waals surface area (Å²) in [6.07, 6.45) is 1.03. The number of carbonyl (C=O) groups is 1. The number of benzene rings is 1. The van der Waals surface area contributed by atoms with Crippen LogP contribution in [0.2, 0.25) is 5.02 Å². The predicted molar refractivity (Wildman–Crippen MR) is 50.3 cm³/mol. The maximum Gasteiger partial charge on any atom is 0.137 e. The summed E-state index contributed by atoms with van der Waals surface area (Å²) < 4.78 is 0. The molecular weight excluding hydrogens is 186 g/mol. The van der Waals surface area contributed by atoms with Crippen molar-refractivity contribution < 1.29 is 4.79 Å². The topological polar surface area (TPSA) is 40.9 Å². The summed E-state index contributed by atoms with van der Waals surface area (Å²) in [5.41, 5.74) is 0.836. The molecule has 0 heterocycles. The lowest BCUT2D eigenvalue weighted by Gasteiger charge is -2.03. The summed E-state index contributed by atoms with van der Waals surface area (Å²) in [5.74, 6) is -0.597. The fourth-order valence-electron chi connectivity index (χ4n) is 1.03. The molecule has 1 unspecified atom stereocenters. The third-order valence-electron chi connectivity index (χ3n) is 1.73. The Labute approximate surface area is 81.7 Å². The molecule has 0 N–H and O–H groups in total. The van der Waals surface area contributed by atoms with Crippen molar-refractivity contribution in [3.8, 4) is 6.07 Å². The van der Waals surface area contributed by atoms with Gasteiger partial charge >= 0.3 is 0 Å². The zero-order chi connectivity index (χ0) is 9.68. The SMILES string of the molecule is N#CC(C=O)Cc1ccccc1Cl. The highest BCUT2D eigenvalue weighted by Gasteiger charge is 2.08. The highest BCUT2D eigenvalue weighted by molar-refractivity contribution is 6.31. The molecule has 1 aromatic rings. The van der Waals surface area contributed by atoms with Crippen molar-refractivity contribution >= 4 is 17.9 Å². The molecule has 0 aliphatic heterocycles. The Morgan fingerprint density at radius 1 is 1.54 bits per heavy atom. The number of rotatable bonds is 3. The van der Waals surface area contributed by atoms with Crippen molar-refractivity contribution in [1.29, 1.82) is 5.26 Å². The number of hydrogen-bond donors (Lipinski definition) is 0. The van der Waals surface area contributed by atoms with Crippen LogP contribution in [0.3, 0.4) is 0 Å². The molecule has 0 saturated carbocycles. The van der Waals surface area contributed by atoms with E-state index in [0.717, 1.165) is 5.56 Å². The first-order valence-electron chi connectivity index (χ1n) is 3.86. The lowest BCUT2D eigenvalue weighted by molar-refractivity contribution is -0.109. The van der Waals surface area contributed by atoms with Crippen molar-refractivity contribution in [2.45, 2.75) is 6.42 Å². The molecule has 2 nitrogen and oxygen atoms in total. The molecule has 0 aliphatic rings. The van der Waals surface area contributed by atoms with Gasteiger partial charge in [-0.1, -0.05) is 29.8 Å². The number of carbonyl (C=O) groups excluding carboxylic acids is 1. The summed E-state index contributed by atoms with van der Waals surface area (Å²) in [6, 6.07) is 9.11. The average molecular weight is 194 g/mol. The molecule has 0 aromatic heterocycles. The molecule has 0 saturated heterocycles. The van der Waals surface area contributed by atoms with Crippen LogP contribution in [-0.2, 0) is 11.2 Å². The van der Waals surface area contributed by atoms with Crippen LogP contribution in [0.1, 0.15) is 5.56 Å². The van der Waals surface area contributed by atoms with E-state index in [1.807, 2.05) is 24.3 Å². The Morgan fingerprint density at radius 3 is 2.77 bits per heavy atom. The summed E-state index contributed by atoms with van der Waals surface area (Å²) >= 11 is 5.86. The van der Waals surface area contributed by atoms with E-state index in [9.17, 15) is 4.79 Å². The first-order valence-corrected chi connectivity index (χ1v) is 4.24. The van der Waals surface area contributed by atoms with E-state index in [1.165, 1.54) is 0 Å². The van der Waals surface area contributed by atoms with E-state index in [0.29, 0.717) is 17.7 Å². The number of aldehydes is 1. The van der Waals surface area contributed by atoms with Crippen LogP contribution >= 0.6 is 11.6 Å². The van der Waals surface area contributed by atoms with E-state index in [4.69, 9.17) is 16.9 Å². The first kappa shape index (κ1) is 9.76. The van der Waals surface area contributed by atoms with Crippen LogP contribution in [0.25, 0.3) is 0 Å². The molecule has 0 bridgehead atoms. The Hall–Kier alpha value is -1.33. The van der Waals surface area contributed by atoms with E-state index >= 15 is 0 Å². The minimum absolute atomic E-state index is 0.389. The van der Waals surface area contributed by atoms with Gasteiger partial charge in [-0.2, -0.15) is 5.26 Å². The molecule has 0 aliphatic carbocycles. The third kappa shape index (κ3) is 2.57. The van der Waals surface area contributed by atoms with Gasteiger partial charge in [0.2, 0.25) is 0 Å². The Bertz CT molecular complexity index is 343. The van der Waals surface area contributed by atoms with Gasteiger partial charge in [-0.05, 0) is 18.1 Å². The van der Waals surface area contributed by atoms with Crippen molar-refractivity contribution in [3.63, 3.8) is 0 Å². The van der Waals surface area contributed by atoms with Gasteiger partial charge in [-0.25, -0.2) is 0 Å².